The molecule has 0 spiro atoms. The van der Waals surface area contributed by atoms with Crippen molar-refractivity contribution in [3.05, 3.63) is 60.2 Å². The minimum atomic E-state index is -0.486. The molecule has 1 aromatic rings. The fraction of sp³-hybridized carbons (Fsp3) is 0.577. The third kappa shape index (κ3) is 9.27. The van der Waals surface area contributed by atoms with Gasteiger partial charge in [-0.1, -0.05) is 54.6 Å². The zero-order chi connectivity index (χ0) is 21.8. The van der Waals surface area contributed by atoms with E-state index in [2.05, 4.69) is 24.3 Å². The summed E-state index contributed by atoms with van der Waals surface area (Å²) in [5.41, 5.74) is 1.23. The van der Waals surface area contributed by atoms with Gasteiger partial charge in [-0.05, 0) is 70.3 Å². The summed E-state index contributed by atoms with van der Waals surface area (Å²) in [6, 6.07) is 10.2. The van der Waals surface area contributed by atoms with Crippen LogP contribution in [0.5, 0.6) is 0 Å². The van der Waals surface area contributed by atoms with Crippen LogP contribution in [0.25, 0.3) is 0 Å². The number of aliphatic hydroxyl groups excluding tert-OH is 2. The van der Waals surface area contributed by atoms with Crippen molar-refractivity contribution in [3.8, 4) is 0 Å². The molecule has 1 fully saturated rings. The van der Waals surface area contributed by atoms with E-state index in [9.17, 15) is 15.0 Å². The summed E-state index contributed by atoms with van der Waals surface area (Å²) in [5.74, 6) is 0.370. The molecule has 0 bridgehead atoms. The highest BCUT2D eigenvalue weighted by atomic mass is 16.5. The Morgan fingerprint density at radius 3 is 2.70 bits per heavy atom. The Hall–Kier alpha value is -1.91. The van der Waals surface area contributed by atoms with Gasteiger partial charge >= 0.3 is 5.97 Å². The highest BCUT2D eigenvalue weighted by Gasteiger charge is 2.32. The molecular weight excluding hydrogens is 376 g/mol. The number of esters is 1. The molecule has 4 atom stereocenters. The number of aliphatic hydroxyl groups is 2. The van der Waals surface area contributed by atoms with Crippen molar-refractivity contribution in [2.45, 2.75) is 83.5 Å². The monoisotopic (exact) mass is 414 g/mol. The van der Waals surface area contributed by atoms with Gasteiger partial charge in [0.25, 0.3) is 0 Å². The van der Waals surface area contributed by atoms with Crippen LogP contribution in [0.3, 0.4) is 0 Å². The molecule has 2 unspecified atom stereocenters. The normalized spacial score (nSPS) is 22.9. The van der Waals surface area contributed by atoms with Crippen LogP contribution in [0.2, 0.25) is 0 Å². The maximum Gasteiger partial charge on any atom is 0.306 e. The zero-order valence-electron chi connectivity index (χ0n) is 18.5. The van der Waals surface area contributed by atoms with Crippen molar-refractivity contribution >= 4 is 5.97 Å². The minimum absolute atomic E-state index is 0.0521. The number of aryl methyl sites for hydroxylation is 1. The molecule has 30 heavy (non-hydrogen) atoms. The predicted octanol–water partition coefficient (Wildman–Crippen LogP) is 4.99. The van der Waals surface area contributed by atoms with Crippen LogP contribution in [-0.2, 0) is 16.0 Å². The molecule has 1 aromatic carbocycles. The van der Waals surface area contributed by atoms with E-state index in [0.29, 0.717) is 18.8 Å². The summed E-state index contributed by atoms with van der Waals surface area (Å²) in [6.45, 7) is 3.72. The molecule has 4 heteroatoms. The first-order valence-electron chi connectivity index (χ1n) is 11.4. The van der Waals surface area contributed by atoms with E-state index in [1.165, 1.54) is 5.56 Å². The van der Waals surface area contributed by atoms with Gasteiger partial charge in [-0.2, -0.15) is 0 Å². The number of allylic oxidation sites excluding steroid dienone is 2. The summed E-state index contributed by atoms with van der Waals surface area (Å²) >= 11 is 0. The van der Waals surface area contributed by atoms with Gasteiger partial charge in [-0.3, -0.25) is 4.79 Å². The van der Waals surface area contributed by atoms with Crippen LogP contribution in [0, 0.1) is 11.8 Å². The molecule has 0 aromatic heterocycles. The second-order valence-corrected chi connectivity index (χ2v) is 8.60. The molecule has 166 valence electrons. The number of rotatable bonds is 12. The van der Waals surface area contributed by atoms with E-state index in [1.807, 2.05) is 44.2 Å². The average molecular weight is 415 g/mol. The predicted molar refractivity (Wildman–Crippen MR) is 121 cm³/mol. The van der Waals surface area contributed by atoms with Crippen LogP contribution in [0.15, 0.2) is 54.6 Å². The number of carbonyl (C=O) groups is 1. The third-order valence-electron chi connectivity index (χ3n) is 5.67. The van der Waals surface area contributed by atoms with Crippen molar-refractivity contribution < 1.29 is 19.7 Å². The zero-order valence-corrected chi connectivity index (χ0v) is 18.5. The second-order valence-electron chi connectivity index (χ2n) is 8.60. The number of hydrogen-bond donors (Lipinski definition) is 2. The standard InChI is InChI=1S/C26H38O4/c1-20(2)30-26(29)13-9-4-3-8-12-22-15-19-25(28)24(22)18-17-23(27)16-14-21-10-6-5-7-11-21/h3,5-8,10-11,17-18,20,22-25,27-28H,4,9,12-16,19H2,1-2H3/b8-3-,18-17+/t22-,23?,24+,25?/m0/s1. The van der Waals surface area contributed by atoms with Gasteiger partial charge in [0.05, 0.1) is 18.3 Å². The lowest BCUT2D eigenvalue weighted by Gasteiger charge is -2.18. The maximum absolute atomic E-state index is 11.5. The topological polar surface area (TPSA) is 66.8 Å². The summed E-state index contributed by atoms with van der Waals surface area (Å²) in [5, 5.41) is 20.6. The molecule has 2 rings (SSSR count). The molecule has 0 amide bonds. The van der Waals surface area contributed by atoms with Crippen LogP contribution in [0.1, 0.15) is 64.4 Å². The smallest absolute Gasteiger partial charge is 0.306 e. The van der Waals surface area contributed by atoms with Crippen LogP contribution < -0.4 is 0 Å². The molecule has 0 aliphatic heterocycles. The Balaban J connectivity index is 1.70. The van der Waals surface area contributed by atoms with Gasteiger partial charge in [0.2, 0.25) is 0 Å². The van der Waals surface area contributed by atoms with Crippen molar-refractivity contribution in [3.63, 3.8) is 0 Å². The van der Waals surface area contributed by atoms with Crippen molar-refractivity contribution in [1.82, 2.24) is 0 Å². The van der Waals surface area contributed by atoms with E-state index in [0.717, 1.165) is 38.5 Å². The Bertz CT molecular complexity index is 665. The number of ether oxygens (including phenoxy) is 1. The van der Waals surface area contributed by atoms with E-state index < -0.39 is 6.10 Å². The van der Waals surface area contributed by atoms with Gasteiger partial charge < -0.3 is 14.9 Å². The molecule has 1 aliphatic rings. The molecule has 0 radical (unpaired) electrons. The van der Waals surface area contributed by atoms with Crippen LogP contribution in [-0.4, -0.2) is 34.5 Å². The first-order chi connectivity index (χ1) is 14.5. The Labute approximate surface area is 181 Å². The van der Waals surface area contributed by atoms with E-state index >= 15 is 0 Å². The van der Waals surface area contributed by atoms with Crippen molar-refractivity contribution in [2.24, 2.45) is 11.8 Å². The molecule has 2 N–H and O–H groups in total. The Morgan fingerprint density at radius 2 is 1.97 bits per heavy atom. The highest BCUT2D eigenvalue weighted by molar-refractivity contribution is 5.69. The number of hydrogen-bond acceptors (Lipinski definition) is 4. The summed E-state index contributed by atoms with van der Waals surface area (Å²) in [7, 11) is 0. The fourth-order valence-corrected chi connectivity index (χ4v) is 4.03. The lowest BCUT2D eigenvalue weighted by atomic mass is 9.90. The van der Waals surface area contributed by atoms with Gasteiger partial charge in [-0.25, -0.2) is 0 Å². The molecule has 1 saturated carbocycles. The first kappa shape index (κ1) is 24.4. The largest absolute Gasteiger partial charge is 0.463 e. The summed E-state index contributed by atoms with van der Waals surface area (Å²) in [6.07, 6.45) is 13.7. The van der Waals surface area contributed by atoms with E-state index in [4.69, 9.17) is 4.74 Å². The SMILES string of the molecule is CC(C)OC(=O)CCC/C=C\C[C@H]1CCC(O)[C@@H]1/C=C/C(O)CCc1ccccc1. The summed E-state index contributed by atoms with van der Waals surface area (Å²) < 4.78 is 5.13. The lowest BCUT2D eigenvalue weighted by molar-refractivity contribution is -0.147. The molecular formula is C26H38O4. The highest BCUT2D eigenvalue weighted by Crippen LogP contribution is 2.36. The van der Waals surface area contributed by atoms with Gasteiger partial charge in [-0.15, -0.1) is 0 Å². The minimum Gasteiger partial charge on any atom is -0.463 e. The fourth-order valence-electron chi connectivity index (χ4n) is 4.03. The first-order valence-corrected chi connectivity index (χ1v) is 11.4. The van der Waals surface area contributed by atoms with E-state index in [-0.39, 0.29) is 24.1 Å². The van der Waals surface area contributed by atoms with Crippen molar-refractivity contribution in [1.29, 1.82) is 0 Å². The molecule has 4 nitrogen and oxygen atoms in total. The van der Waals surface area contributed by atoms with Crippen molar-refractivity contribution in [2.75, 3.05) is 0 Å². The third-order valence-corrected chi connectivity index (χ3v) is 5.67. The van der Waals surface area contributed by atoms with Crippen LogP contribution in [0.4, 0.5) is 0 Å². The van der Waals surface area contributed by atoms with E-state index in [1.54, 1.807) is 0 Å². The lowest BCUT2D eigenvalue weighted by Crippen LogP contribution is -2.17. The van der Waals surface area contributed by atoms with Crippen LogP contribution >= 0.6 is 0 Å². The quantitative estimate of drug-likeness (QED) is 0.287. The Kier molecular flexibility index (Phi) is 10.9. The average Bonchev–Trinajstić information content (AvgIpc) is 3.07. The number of unbranched alkanes of at least 4 members (excludes halogenated alkanes) is 1. The molecule has 1 aliphatic carbocycles. The number of benzene rings is 1. The number of carbonyl (C=O) groups excluding carboxylic acids is 1. The van der Waals surface area contributed by atoms with Gasteiger partial charge in [0.15, 0.2) is 0 Å². The molecule has 0 saturated heterocycles. The molecule has 0 heterocycles. The summed E-state index contributed by atoms with van der Waals surface area (Å²) in [4.78, 5) is 11.5. The second kappa shape index (κ2) is 13.4. The van der Waals surface area contributed by atoms with Gasteiger partial charge in [0.1, 0.15) is 0 Å². The van der Waals surface area contributed by atoms with Gasteiger partial charge in [0, 0.05) is 12.3 Å². The maximum atomic E-state index is 11.5. The Morgan fingerprint density at radius 1 is 1.20 bits per heavy atom.